The number of benzene rings is 1. The molecule has 0 aromatic heterocycles. The second kappa shape index (κ2) is 7.68. The first-order chi connectivity index (χ1) is 11.6. The average Bonchev–Trinajstić information content (AvgIpc) is 3.09. The first kappa shape index (κ1) is 19.6. The van der Waals surface area contributed by atoms with Gasteiger partial charge in [0.05, 0.1) is 0 Å². The minimum absolute atomic E-state index is 0.252. The monoisotopic (exact) mass is 408 g/mol. The van der Waals surface area contributed by atoms with Gasteiger partial charge < -0.3 is 9.47 Å². The van der Waals surface area contributed by atoms with Crippen LogP contribution in [0, 0.1) is 5.41 Å². The van der Waals surface area contributed by atoms with E-state index in [4.69, 9.17) is 44.3 Å². The summed E-state index contributed by atoms with van der Waals surface area (Å²) >= 11 is 17.4. The van der Waals surface area contributed by atoms with Crippen LogP contribution in [0.1, 0.15) is 13.3 Å². The molecule has 2 amide bonds. The number of carbonyl (C=O) groups excluding carboxylic acids is 3. The van der Waals surface area contributed by atoms with Crippen LogP contribution in [0.2, 0.25) is 5.02 Å². The third-order valence-electron chi connectivity index (χ3n) is 3.57. The van der Waals surface area contributed by atoms with Crippen LogP contribution in [0.5, 0.6) is 5.75 Å². The van der Waals surface area contributed by atoms with E-state index in [0.29, 0.717) is 10.8 Å². The van der Waals surface area contributed by atoms with E-state index < -0.39 is 34.1 Å². The summed E-state index contributed by atoms with van der Waals surface area (Å²) < 4.78 is 8.84. The van der Waals surface area contributed by atoms with Crippen LogP contribution >= 0.6 is 34.8 Å². The Morgan fingerprint density at radius 3 is 2.12 bits per heavy atom. The molecule has 1 saturated carbocycles. The van der Waals surface area contributed by atoms with Gasteiger partial charge in [0.2, 0.25) is 0 Å². The number of rotatable bonds is 6. The fourth-order valence-electron chi connectivity index (χ4n) is 1.80. The molecule has 7 nitrogen and oxygen atoms in total. The van der Waals surface area contributed by atoms with Crippen molar-refractivity contribution in [1.82, 2.24) is 10.9 Å². The number of halogens is 3. The Morgan fingerprint density at radius 2 is 1.60 bits per heavy atom. The lowest BCUT2D eigenvalue weighted by atomic mass is 10.1. The lowest BCUT2D eigenvalue weighted by molar-refractivity contribution is -0.153. The molecule has 2 rings (SSSR count). The summed E-state index contributed by atoms with van der Waals surface area (Å²) in [7, 11) is 0. The predicted octanol–water partition coefficient (Wildman–Crippen LogP) is 1.99. The molecular weight excluding hydrogens is 395 g/mol. The summed E-state index contributed by atoms with van der Waals surface area (Å²) in [6.45, 7) is 0.653. The minimum atomic E-state index is -1.17. The van der Waals surface area contributed by atoms with Crippen molar-refractivity contribution in [1.29, 1.82) is 0 Å². The zero-order valence-electron chi connectivity index (χ0n) is 13.1. The summed E-state index contributed by atoms with van der Waals surface area (Å²) in [5.74, 6) is -1.54. The molecule has 1 atom stereocenters. The normalized spacial score (nSPS) is 20.3. The highest BCUT2D eigenvalue weighted by Crippen LogP contribution is 2.64. The molecule has 0 aliphatic heterocycles. The number of hydrazine groups is 1. The van der Waals surface area contributed by atoms with Gasteiger partial charge in [-0.15, -0.1) is 23.2 Å². The van der Waals surface area contributed by atoms with Crippen molar-refractivity contribution < 1.29 is 23.9 Å². The summed E-state index contributed by atoms with van der Waals surface area (Å²) in [5.41, 5.74) is 3.20. The van der Waals surface area contributed by atoms with Gasteiger partial charge in [0.25, 0.3) is 11.8 Å². The van der Waals surface area contributed by atoms with Crippen molar-refractivity contribution >= 4 is 52.6 Å². The van der Waals surface area contributed by atoms with Crippen molar-refractivity contribution in [3.05, 3.63) is 29.3 Å². The maximum absolute atomic E-state index is 11.8. The first-order valence-electron chi connectivity index (χ1n) is 7.15. The largest absolute Gasteiger partial charge is 0.484 e. The fraction of sp³-hybridized carbons (Fsp3) is 0.400. The Kier molecular flexibility index (Phi) is 6.03. The number of hydrogen-bond donors (Lipinski definition) is 2. The molecule has 2 N–H and O–H groups in total. The van der Waals surface area contributed by atoms with Crippen LogP contribution in [-0.4, -0.2) is 35.3 Å². The van der Waals surface area contributed by atoms with E-state index in [1.165, 1.54) is 0 Å². The zero-order chi connectivity index (χ0) is 18.7. The standard InChI is InChI=1S/C15H15Cl3N2O5/c1-14(8-15(14,17)18)13(23)25-7-12(22)20-19-11(21)6-24-10-4-2-9(16)3-5-10/h2-5H,6-8H2,1H3,(H,19,21)(H,20,22)/t14-/m1/s1. The Morgan fingerprint density at radius 1 is 1.08 bits per heavy atom. The van der Waals surface area contributed by atoms with Crippen LogP contribution in [0.15, 0.2) is 24.3 Å². The molecule has 0 radical (unpaired) electrons. The third kappa shape index (κ3) is 5.14. The molecule has 1 aromatic carbocycles. The Hall–Kier alpha value is -1.70. The number of nitrogens with one attached hydrogen (secondary N) is 2. The number of amides is 2. The van der Waals surface area contributed by atoms with Crippen LogP contribution in [-0.2, 0) is 19.1 Å². The molecule has 25 heavy (non-hydrogen) atoms. The molecule has 0 unspecified atom stereocenters. The van der Waals surface area contributed by atoms with E-state index in [-0.39, 0.29) is 13.0 Å². The van der Waals surface area contributed by atoms with E-state index in [1.807, 2.05) is 0 Å². The molecule has 0 spiro atoms. The number of esters is 1. The van der Waals surface area contributed by atoms with E-state index >= 15 is 0 Å². The summed E-state index contributed by atoms with van der Waals surface area (Å²) in [5, 5.41) is 0.541. The molecule has 1 fully saturated rings. The predicted molar refractivity (Wildman–Crippen MR) is 91.4 cm³/mol. The van der Waals surface area contributed by atoms with Crippen LogP contribution in [0.25, 0.3) is 0 Å². The van der Waals surface area contributed by atoms with Gasteiger partial charge in [-0.1, -0.05) is 11.6 Å². The molecule has 1 aromatic rings. The van der Waals surface area contributed by atoms with Gasteiger partial charge in [0, 0.05) is 11.4 Å². The lowest BCUT2D eigenvalue weighted by Gasteiger charge is -2.12. The molecule has 136 valence electrons. The highest BCUT2D eigenvalue weighted by atomic mass is 35.5. The SMILES string of the molecule is C[C@]1(C(=O)OCC(=O)NNC(=O)COc2ccc(Cl)cc2)CC1(Cl)Cl. The van der Waals surface area contributed by atoms with E-state index in [2.05, 4.69) is 10.9 Å². The number of alkyl halides is 2. The lowest BCUT2D eigenvalue weighted by Crippen LogP contribution is -2.45. The molecule has 1 aliphatic carbocycles. The maximum Gasteiger partial charge on any atom is 0.315 e. The summed E-state index contributed by atoms with van der Waals surface area (Å²) in [4.78, 5) is 34.9. The maximum atomic E-state index is 11.8. The van der Waals surface area contributed by atoms with Gasteiger partial charge >= 0.3 is 5.97 Å². The molecule has 0 saturated heterocycles. The zero-order valence-corrected chi connectivity index (χ0v) is 15.4. The van der Waals surface area contributed by atoms with Crippen LogP contribution < -0.4 is 15.6 Å². The quantitative estimate of drug-likeness (QED) is 0.426. The summed E-state index contributed by atoms with van der Waals surface area (Å²) in [6.07, 6.45) is 0.252. The van der Waals surface area contributed by atoms with E-state index in [9.17, 15) is 14.4 Å². The first-order valence-corrected chi connectivity index (χ1v) is 8.28. The average molecular weight is 410 g/mol. The van der Waals surface area contributed by atoms with Gasteiger partial charge in [0.1, 0.15) is 15.5 Å². The molecule has 10 heteroatoms. The molecular formula is C15H15Cl3N2O5. The molecule has 1 aliphatic rings. The topological polar surface area (TPSA) is 93.7 Å². The van der Waals surface area contributed by atoms with Crippen molar-refractivity contribution in [2.24, 2.45) is 5.41 Å². The second-order valence-electron chi connectivity index (χ2n) is 5.63. The van der Waals surface area contributed by atoms with Gasteiger partial charge in [-0.2, -0.15) is 0 Å². The van der Waals surface area contributed by atoms with Crippen molar-refractivity contribution in [2.75, 3.05) is 13.2 Å². The van der Waals surface area contributed by atoms with Crippen LogP contribution in [0.4, 0.5) is 0 Å². The van der Waals surface area contributed by atoms with Crippen molar-refractivity contribution in [3.63, 3.8) is 0 Å². The highest BCUT2D eigenvalue weighted by Gasteiger charge is 2.69. The van der Waals surface area contributed by atoms with Gasteiger partial charge in [-0.3, -0.25) is 25.2 Å². The van der Waals surface area contributed by atoms with Crippen molar-refractivity contribution in [3.8, 4) is 5.75 Å². The third-order valence-corrected chi connectivity index (χ3v) is 4.92. The van der Waals surface area contributed by atoms with Gasteiger partial charge in [-0.25, -0.2) is 0 Å². The van der Waals surface area contributed by atoms with Crippen molar-refractivity contribution in [2.45, 2.75) is 17.7 Å². The van der Waals surface area contributed by atoms with E-state index in [0.717, 1.165) is 0 Å². The van der Waals surface area contributed by atoms with Crippen LogP contribution in [0.3, 0.4) is 0 Å². The number of hydrogen-bond acceptors (Lipinski definition) is 5. The smallest absolute Gasteiger partial charge is 0.315 e. The fourth-order valence-corrected chi connectivity index (χ4v) is 2.62. The van der Waals surface area contributed by atoms with Gasteiger partial charge in [-0.05, 0) is 31.2 Å². The number of ether oxygens (including phenoxy) is 2. The minimum Gasteiger partial charge on any atom is -0.484 e. The second-order valence-corrected chi connectivity index (χ2v) is 7.55. The Bertz CT molecular complexity index is 680. The summed E-state index contributed by atoms with van der Waals surface area (Å²) in [6, 6.07) is 6.42. The number of carbonyl (C=O) groups is 3. The highest BCUT2D eigenvalue weighted by molar-refractivity contribution is 6.53. The molecule has 0 bridgehead atoms. The Balaban J connectivity index is 1.63. The molecule has 0 heterocycles. The van der Waals surface area contributed by atoms with E-state index in [1.54, 1.807) is 31.2 Å². The van der Waals surface area contributed by atoms with Gasteiger partial charge in [0.15, 0.2) is 13.2 Å². The Labute approximate surface area is 158 Å².